The summed E-state index contributed by atoms with van der Waals surface area (Å²) in [6.45, 7) is -0.0290. The Labute approximate surface area is 195 Å². The van der Waals surface area contributed by atoms with Crippen LogP contribution in [0, 0.1) is 10.1 Å². The molecule has 0 fully saturated rings. The van der Waals surface area contributed by atoms with Gasteiger partial charge in [0.15, 0.2) is 0 Å². The Bertz CT molecular complexity index is 1080. The Morgan fingerprint density at radius 3 is 2.33 bits per heavy atom. The van der Waals surface area contributed by atoms with Crippen molar-refractivity contribution in [1.29, 1.82) is 0 Å². The topological polar surface area (TPSA) is 123 Å². The smallest absolute Gasteiger partial charge is 0.475 e. The Morgan fingerprint density at radius 2 is 1.78 bits per heavy atom. The van der Waals surface area contributed by atoms with Gasteiger partial charge in [-0.15, -0.1) is 10.1 Å². The van der Waals surface area contributed by atoms with E-state index in [4.69, 9.17) is 0 Å². The van der Waals surface area contributed by atoms with Gasteiger partial charge in [0, 0.05) is 18.9 Å². The first-order chi connectivity index (χ1) is 16.2. The van der Waals surface area contributed by atoms with Gasteiger partial charge >= 0.3 is 28.5 Å². The number of fused-ring (bicyclic) bond motifs is 1. The van der Waals surface area contributed by atoms with Crippen molar-refractivity contribution in [3.63, 3.8) is 0 Å². The van der Waals surface area contributed by atoms with Crippen LogP contribution < -0.4 is 4.74 Å². The summed E-state index contributed by atoms with van der Waals surface area (Å²) >= 11 is 0. The van der Waals surface area contributed by atoms with Crippen molar-refractivity contribution in [2.45, 2.75) is 36.8 Å². The maximum Gasteiger partial charge on any atom is 0.511 e. The number of hydrogen-bond donors (Lipinski definition) is 0. The molecule has 0 N–H and O–H groups in total. The fraction of sp³-hybridized carbons (Fsp3) is 0.412. The molecule has 1 aromatic rings. The minimum absolute atomic E-state index is 0.151. The molecule has 204 valence electrons. The van der Waals surface area contributed by atoms with Crippen LogP contribution in [0.25, 0.3) is 6.08 Å². The van der Waals surface area contributed by atoms with Crippen LogP contribution in [0.5, 0.6) is 5.75 Å². The Hall–Kier alpha value is -3.51. The number of alkyl halides is 3. The monoisotopic (exact) mass is 561 g/mol. The second-order valence-corrected chi connectivity index (χ2v) is 9.32. The maximum absolute atomic E-state index is 13.4. The zero-order valence-corrected chi connectivity index (χ0v) is 18.5. The van der Waals surface area contributed by atoms with Crippen LogP contribution in [0.15, 0.2) is 28.7 Å². The van der Waals surface area contributed by atoms with Crippen LogP contribution in [0.3, 0.4) is 0 Å². The van der Waals surface area contributed by atoms with Crippen LogP contribution >= 0.6 is 10.2 Å². The minimum Gasteiger partial charge on any atom is -0.475 e. The van der Waals surface area contributed by atoms with E-state index in [0.717, 1.165) is 6.92 Å². The Morgan fingerprint density at radius 1 is 1.14 bits per heavy atom. The van der Waals surface area contributed by atoms with Gasteiger partial charge in [-0.2, -0.15) is 13.2 Å². The lowest BCUT2D eigenvalue weighted by Crippen LogP contribution is -2.41. The summed E-state index contributed by atoms with van der Waals surface area (Å²) in [5.41, 5.74) is -2.34. The Kier molecular flexibility index (Phi) is 7.32. The molecule has 0 saturated carbocycles. The molecule has 19 heteroatoms. The normalized spacial score (nSPS) is 18.2. The number of hydrogen-bond acceptors (Lipinski definition) is 9. The lowest BCUT2D eigenvalue weighted by atomic mass is 10.0. The lowest BCUT2D eigenvalue weighted by Gasteiger charge is -2.41. The predicted molar refractivity (Wildman–Crippen MR) is 102 cm³/mol. The van der Waals surface area contributed by atoms with E-state index in [2.05, 4.69) is 23.8 Å². The summed E-state index contributed by atoms with van der Waals surface area (Å²) < 4.78 is 124. The summed E-state index contributed by atoms with van der Waals surface area (Å²) in [4.78, 5) is 35.2. The standard InChI is InChI=1S/C17H15F8NO9S/c1-9(34-16(28)31-5-2-6-32-26(29)30)33-15(27)12-8-10-7-11(36(21,22,23,24)25)3-4-13(10)35-14(12)17(18,19)20/h3-4,7-9,14H,2,5-6H2,1H3/t9?,14-/m0/s1. The van der Waals surface area contributed by atoms with E-state index in [0.29, 0.717) is 0 Å². The molecular weight excluding hydrogens is 546 g/mol. The average Bonchev–Trinajstić information content (AvgIpc) is 2.69. The number of carbonyl (C=O) groups is 2. The predicted octanol–water partition coefficient (Wildman–Crippen LogP) is 5.69. The SMILES string of the molecule is CC(OC(=O)OCCCO[N+](=O)[O-])OC(=O)C1=Cc2cc(S(F)(F)(F)(F)F)ccc2O[C@@H]1C(F)(F)F. The molecule has 1 aliphatic rings. The van der Waals surface area contributed by atoms with Gasteiger partial charge in [-0.25, -0.2) is 9.59 Å². The molecule has 0 amide bonds. The zero-order valence-electron chi connectivity index (χ0n) is 17.6. The van der Waals surface area contributed by atoms with Gasteiger partial charge in [0.2, 0.25) is 12.4 Å². The Balaban J connectivity index is 2.17. The number of esters is 1. The molecule has 0 radical (unpaired) electrons. The van der Waals surface area contributed by atoms with Crippen molar-refractivity contribution < 1.29 is 71.1 Å². The number of benzene rings is 1. The number of carbonyl (C=O) groups excluding carboxylic acids is 2. The van der Waals surface area contributed by atoms with Crippen molar-refractivity contribution in [3.05, 3.63) is 39.4 Å². The van der Waals surface area contributed by atoms with Crippen LogP contribution in [-0.2, 0) is 23.8 Å². The minimum atomic E-state index is -10.2. The largest absolute Gasteiger partial charge is 0.511 e. The fourth-order valence-corrected chi connectivity index (χ4v) is 3.27. The molecule has 0 spiro atoms. The molecule has 36 heavy (non-hydrogen) atoms. The highest BCUT2D eigenvalue weighted by molar-refractivity contribution is 8.45. The van der Waals surface area contributed by atoms with Gasteiger partial charge in [0.25, 0.3) is 5.09 Å². The van der Waals surface area contributed by atoms with Crippen molar-refractivity contribution in [2.75, 3.05) is 13.2 Å². The van der Waals surface area contributed by atoms with E-state index in [1.807, 2.05) is 0 Å². The number of nitrogens with zero attached hydrogens (tertiary/aromatic N) is 1. The zero-order chi connectivity index (χ0) is 27.6. The van der Waals surface area contributed by atoms with Gasteiger partial charge < -0.3 is 23.8 Å². The summed E-state index contributed by atoms with van der Waals surface area (Å²) in [6.07, 6.45) is -11.7. The van der Waals surface area contributed by atoms with Crippen molar-refractivity contribution in [2.24, 2.45) is 0 Å². The number of rotatable bonds is 9. The molecule has 2 atom stereocenters. The van der Waals surface area contributed by atoms with Crippen LogP contribution in [0.4, 0.5) is 37.4 Å². The summed E-state index contributed by atoms with van der Waals surface area (Å²) in [6, 6.07) is -0.0922. The van der Waals surface area contributed by atoms with Crippen molar-refractivity contribution in [3.8, 4) is 5.75 Å². The highest BCUT2D eigenvalue weighted by atomic mass is 32.5. The van der Waals surface area contributed by atoms with E-state index in [-0.39, 0.29) is 30.7 Å². The van der Waals surface area contributed by atoms with Gasteiger partial charge in [-0.3, -0.25) is 0 Å². The first-order valence-electron chi connectivity index (χ1n) is 9.32. The third kappa shape index (κ3) is 8.02. The number of halogens is 8. The summed E-state index contributed by atoms with van der Waals surface area (Å²) in [5, 5.41) is 8.85. The van der Waals surface area contributed by atoms with E-state index < -0.39 is 81.0 Å². The molecule has 0 aromatic heterocycles. The molecule has 0 bridgehead atoms. The molecule has 0 saturated heterocycles. The van der Waals surface area contributed by atoms with E-state index in [1.54, 1.807) is 0 Å². The summed E-state index contributed by atoms with van der Waals surface area (Å²) in [7, 11) is -10.2. The third-order valence-electron chi connectivity index (χ3n) is 4.04. The van der Waals surface area contributed by atoms with Crippen LogP contribution in [0.2, 0.25) is 0 Å². The van der Waals surface area contributed by atoms with E-state index in [1.165, 1.54) is 0 Å². The quantitative estimate of drug-likeness (QED) is 0.0934. The second kappa shape index (κ2) is 9.17. The number of ether oxygens (including phenoxy) is 4. The van der Waals surface area contributed by atoms with Gasteiger partial charge in [0.05, 0.1) is 18.8 Å². The van der Waals surface area contributed by atoms with E-state index in [9.17, 15) is 52.3 Å². The molecule has 2 rings (SSSR count). The highest BCUT2D eigenvalue weighted by Crippen LogP contribution is 3.02. The fourth-order valence-electron chi connectivity index (χ4n) is 2.60. The molecule has 1 heterocycles. The first kappa shape index (κ1) is 28.7. The lowest BCUT2D eigenvalue weighted by molar-refractivity contribution is -0.757. The van der Waals surface area contributed by atoms with Gasteiger partial charge in [0.1, 0.15) is 10.6 Å². The third-order valence-corrected chi connectivity index (χ3v) is 5.18. The molecule has 10 nitrogen and oxygen atoms in total. The van der Waals surface area contributed by atoms with Crippen molar-refractivity contribution in [1.82, 2.24) is 0 Å². The highest BCUT2D eigenvalue weighted by Gasteiger charge is 2.65. The molecule has 1 aliphatic heterocycles. The van der Waals surface area contributed by atoms with Gasteiger partial charge in [-0.05, 0) is 24.3 Å². The van der Waals surface area contributed by atoms with Crippen LogP contribution in [0.1, 0.15) is 18.9 Å². The van der Waals surface area contributed by atoms with Crippen LogP contribution in [-0.4, -0.2) is 49.0 Å². The molecule has 1 unspecified atom stereocenters. The summed E-state index contributed by atoms with van der Waals surface area (Å²) in [5.74, 6) is -2.73. The van der Waals surface area contributed by atoms with E-state index >= 15 is 0 Å². The molecule has 0 aliphatic carbocycles. The van der Waals surface area contributed by atoms with Crippen molar-refractivity contribution >= 4 is 28.4 Å². The molecule has 1 aromatic carbocycles. The average molecular weight is 561 g/mol. The first-order valence-corrected chi connectivity index (χ1v) is 11.3. The van der Waals surface area contributed by atoms with Gasteiger partial charge in [-0.1, -0.05) is 19.4 Å². The second-order valence-electron chi connectivity index (χ2n) is 6.91. The molecular formula is C17H15F8NO9S. The maximum atomic E-state index is 13.4.